The summed E-state index contributed by atoms with van der Waals surface area (Å²) in [6.45, 7) is 6.83. The SMILES string of the molecule is [C-]#[N+]/C(C#N)=C\c1ccc(O[C@H]2CCCC[C@@H]2O)cc1. The van der Waals surface area contributed by atoms with Crippen LogP contribution in [0, 0.1) is 17.9 Å². The fourth-order valence-electron chi connectivity index (χ4n) is 2.28. The summed E-state index contributed by atoms with van der Waals surface area (Å²) in [6.07, 6.45) is 4.81. The van der Waals surface area contributed by atoms with E-state index in [-0.39, 0.29) is 11.8 Å². The quantitative estimate of drug-likeness (QED) is 0.676. The van der Waals surface area contributed by atoms with E-state index in [1.54, 1.807) is 24.3 Å². The van der Waals surface area contributed by atoms with Gasteiger partial charge in [-0.05, 0) is 43.0 Å². The molecule has 0 saturated heterocycles. The van der Waals surface area contributed by atoms with Gasteiger partial charge in [-0.2, -0.15) is 0 Å². The van der Waals surface area contributed by atoms with Crippen molar-refractivity contribution in [2.75, 3.05) is 0 Å². The third-order valence-corrected chi connectivity index (χ3v) is 3.37. The molecule has 0 radical (unpaired) electrons. The van der Waals surface area contributed by atoms with Crippen molar-refractivity contribution in [1.29, 1.82) is 5.26 Å². The van der Waals surface area contributed by atoms with Crippen molar-refractivity contribution in [3.8, 4) is 11.8 Å². The number of allylic oxidation sites excluding steroid dienone is 1. The highest BCUT2D eigenvalue weighted by atomic mass is 16.5. The molecule has 0 unspecified atom stereocenters. The summed E-state index contributed by atoms with van der Waals surface area (Å²) in [4.78, 5) is 3.11. The predicted molar refractivity (Wildman–Crippen MR) is 75.5 cm³/mol. The Bertz CT molecular complexity index is 548. The number of ether oxygens (including phenoxy) is 1. The molecule has 0 aromatic heterocycles. The highest BCUT2D eigenvalue weighted by molar-refractivity contribution is 5.59. The summed E-state index contributed by atoms with van der Waals surface area (Å²) in [5.74, 6) is 0.703. The monoisotopic (exact) mass is 268 g/mol. The lowest BCUT2D eigenvalue weighted by molar-refractivity contribution is 0.00687. The van der Waals surface area contributed by atoms with Gasteiger partial charge in [0.05, 0.1) is 18.7 Å². The van der Waals surface area contributed by atoms with Crippen LogP contribution >= 0.6 is 0 Å². The van der Waals surface area contributed by atoms with E-state index in [1.807, 2.05) is 6.07 Å². The Morgan fingerprint density at radius 3 is 2.65 bits per heavy atom. The van der Waals surface area contributed by atoms with Gasteiger partial charge < -0.3 is 9.84 Å². The van der Waals surface area contributed by atoms with E-state index >= 15 is 0 Å². The Kier molecular flexibility index (Phi) is 4.76. The molecule has 1 aliphatic rings. The van der Waals surface area contributed by atoms with Crippen molar-refractivity contribution in [3.05, 3.63) is 46.9 Å². The fourth-order valence-corrected chi connectivity index (χ4v) is 2.28. The summed E-state index contributed by atoms with van der Waals surface area (Å²) < 4.78 is 5.78. The van der Waals surface area contributed by atoms with Gasteiger partial charge in [0.1, 0.15) is 11.9 Å². The van der Waals surface area contributed by atoms with Gasteiger partial charge in [-0.1, -0.05) is 18.6 Å². The minimum atomic E-state index is -0.393. The summed E-state index contributed by atoms with van der Waals surface area (Å²) in [6, 6.07) is 9.02. The predicted octanol–water partition coefficient (Wildman–Crippen LogP) is 3.15. The molecular formula is C16H16N2O2. The van der Waals surface area contributed by atoms with E-state index in [0.29, 0.717) is 5.75 Å². The minimum Gasteiger partial charge on any atom is -0.488 e. The van der Waals surface area contributed by atoms with E-state index < -0.39 is 6.10 Å². The molecule has 2 rings (SSSR count). The Morgan fingerprint density at radius 1 is 1.35 bits per heavy atom. The molecule has 0 spiro atoms. The number of benzene rings is 1. The zero-order chi connectivity index (χ0) is 14.4. The zero-order valence-electron chi connectivity index (χ0n) is 11.1. The van der Waals surface area contributed by atoms with Gasteiger partial charge in [-0.15, -0.1) is 0 Å². The molecular weight excluding hydrogens is 252 g/mol. The summed E-state index contributed by atoms with van der Waals surface area (Å²) >= 11 is 0. The van der Waals surface area contributed by atoms with E-state index in [0.717, 1.165) is 31.2 Å². The first-order chi connectivity index (χ1) is 9.72. The first-order valence-electron chi connectivity index (χ1n) is 6.67. The molecule has 4 heteroatoms. The maximum atomic E-state index is 9.86. The number of rotatable bonds is 3. The third kappa shape index (κ3) is 3.60. The summed E-state index contributed by atoms with van der Waals surface area (Å²) in [5, 5.41) is 18.6. The number of aliphatic hydroxyl groups is 1. The van der Waals surface area contributed by atoms with Crippen molar-refractivity contribution in [1.82, 2.24) is 0 Å². The lowest BCUT2D eigenvalue weighted by Gasteiger charge is -2.28. The smallest absolute Gasteiger partial charge is 0.262 e. The Labute approximate surface area is 118 Å². The Morgan fingerprint density at radius 2 is 2.05 bits per heavy atom. The highest BCUT2D eigenvalue weighted by Gasteiger charge is 2.24. The van der Waals surface area contributed by atoms with E-state index in [1.165, 1.54) is 6.08 Å². The topological polar surface area (TPSA) is 57.6 Å². The average Bonchev–Trinajstić information content (AvgIpc) is 2.49. The van der Waals surface area contributed by atoms with E-state index in [9.17, 15) is 5.11 Å². The third-order valence-electron chi connectivity index (χ3n) is 3.37. The fraction of sp³-hybridized carbons (Fsp3) is 0.375. The van der Waals surface area contributed by atoms with Crippen LogP contribution in [-0.2, 0) is 0 Å². The van der Waals surface area contributed by atoms with Crippen LogP contribution in [0.2, 0.25) is 0 Å². The zero-order valence-corrected chi connectivity index (χ0v) is 11.1. The van der Waals surface area contributed by atoms with Crippen LogP contribution in [0.3, 0.4) is 0 Å². The van der Waals surface area contributed by atoms with Crippen molar-refractivity contribution >= 4 is 6.08 Å². The number of hydrogen-bond donors (Lipinski definition) is 1. The molecule has 1 saturated carbocycles. The van der Waals surface area contributed by atoms with Crippen LogP contribution < -0.4 is 4.74 Å². The lowest BCUT2D eigenvalue weighted by Crippen LogP contribution is -2.34. The molecule has 2 atom stereocenters. The van der Waals surface area contributed by atoms with E-state index in [4.69, 9.17) is 16.6 Å². The lowest BCUT2D eigenvalue weighted by atomic mass is 9.95. The number of aliphatic hydroxyl groups excluding tert-OH is 1. The second-order valence-corrected chi connectivity index (χ2v) is 4.83. The van der Waals surface area contributed by atoms with Gasteiger partial charge in [0.15, 0.2) is 0 Å². The Balaban J connectivity index is 2.04. The molecule has 102 valence electrons. The van der Waals surface area contributed by atoms with Gasteiger partial charge in [0.2, 0.25) is 0 Å². The van der Waals surface area contributed by atoms with Crippen LogP contribution in [0.15, 0.2) is 30.0 Å². The molecule has 20 heavy (non-hydrogen) atoms. The van der Waals surface area contributed by atoms with Crippen LogP contribution in [0.4, 0.5) is 0 Å². The number of hydrogen-bond acceptors (Lipinski definition) is 3. The first kappa shape index (κ1) is 14.1. The van der Waals surface area contributed by atoms with Crippen LogP contribution in [0.25, 0.3) is 10.9 Å². The van der Waals surface area contributed by atoms with E-state index in [2.05, 4.69) is 4.85 Å². The van der Waals surface area contributed by atoms with Crippen LogP contribution in [-0.4, -0.2) is 17.3 Å². The van der Waals surface area contributed by atoms with Crippen LogP contribution in [0.1, 0.15) is 31.2 Å². The molecule has 1 aliphatic carbocycles. The normalized spacial score (nSPS) is 22.6. The van der Waals surface area contributed by atoms with Gasteiger partial charge in [0.25, 0.3) is 5.70 Å². The van der Waals surface area contributed by atoms with Gasteiger partial charge in [0, 0.05) is 0 Å². The maximum Gasteiger partial charge on any atom is 0.262 e. The van der Waals surface area contributed by atoms with Crippen molar-refractivity contribution < 1.29 is 9.84 Å². The standard InChI is InChI=1S/C16H16N2O2/c1-18-13(11-17)10-12-6-8-14(9-7-12)20-16-5-3-2-4-15(16)19/h6-10,15-16,19H,2-5H2/b13-10-/t15-,16-/m0/s1. The average molecular weight is 268 g/mol. The van der Waals surface area contributed by atoms with Gasteiger partial charge in [-0.25, -0.2) is 10.1 Å². The number of nitriles is 1. The van der Waals surface area contributed by atoms with Gasteiger partial charge >= 0.3 is 0 Å². The largest absolute Gasteiger partial charge is 0.488 e. The molecule has 1 fully saturated rings. The van der Waals surface area contributed by atoms with Gasteiger partial charge in [-0.3, -0.25) is 0 Å². The Hall–Kier alpha value is -2.30. The van der Waals surface area contributed by atoms with Crippen molar-refractivity contribution in [2.24, 2.45) is 0 Å². The molecule has 0 heterocycles. The molecule has 0 aliphatic heterocycles. The first-order valence-corrected chi connectivity index (χ1v) is 6.67. The summed E-state index contributed by atoms with van der Waals surface area (Å²) in [7, 11) is 0. The molecule has 0 amide bonds. The molecule has 1 N–H and O–H groups in total. The second-order valence-electron chi connectivity index (χ2n) is 4.83. The van der Waals surface area contributed by atoms with Crippen molar-refractivity contribution in [2.45, 2.75) is 37.9 Å². The molecule has 4 nitrogen and oxygen atoms in total. The summed E-state index contributed by atoms with van der Waals surface area (Å²) in [5.41, 5.74) is 0.843. The van der Waals surface area contributed by atoms with Crippen molar-refractivity contribution in [3.63, 3.8) is 0 Å². The molecule has 1 aromatic rings. The second kappa shape index (κ2) is 6.75. The number of nitrogens with zero attached hydrogens (tertiary/aromatic N) is 2. The molecule has 1 aromatic carbocycles. The maximum absolute atomic E-state index is 9.86. The highest BCUT2D eigenvalue weighted by Crippen LogP contribution is 2.24. The minimum absolute atomic E-state index is 0.0568. The molecule has 0 bridgehead atoms. The van der Waals surface area contributed by atoms with Crippen LogP contribution in [0.5, 0.6) is 5.75 Å².